The summed E-state index contributed by atoms with van der Waals surface area (Å²) in [7, 11) is 0. The van der Waals surface area contributed by atoms with Crippen molar-refractivity contribution in [1.29, 1.82) is 0 Å². The lowest BCUT2D eigenvalue weighted by Gasteiger charge is -2.13. The van der Waals surface area contributed by atoms with Gasteiger partial charge in [-0.2, -0.15) is 13.2 Å². The molecular weight excluding hydrogens is 398 g/mol. The van der Waals surface area contributed by atoms with Gasteiger partial charge in [0.15, 0.2) is 11.6 Å². The minimum atomic E-state index is -4.73. The van der Waals surface area contributed by atoms with E-state index in [1.54, 1.807) is 13.8 Å². The smallest absolute Gasteiger partial charge is 0.426 e. The highest BCUT2D eigenvalue weighted by molar-refractivity contribution is 6.30. The van der Waals surface area contributed by atoms with Crippen LogP contribution in [-0.2, 0) is 16.1 Å². The minimum Gasteiger partial charge on any atom is -0.460 e. The second-order valence-corrected chi connectivity index (χ2v) is 7.52. The normalized spacial score (nSPS) is 22.0. The molecule has 0 unspecified atom stereocenters. The van der Waals surface area contributed by atoms with Crippen LogP contribution in [0.5, 0.6) is 0 Å². The summed E-state index contributed by atoms with van der Waals surface area (Å²) in [5, 5.41) is -1.35. The van der Waals surface area contributed by atoms with E-state index in [-0.39, 0.29) is 5.56 Å². The van der Waals surface area contributed by atoms with Crippen LogP contribution in [0.1, 0.15) is 30.5 Å². The van der Waals surface area contributed by atoms with Crippen molar-refractivity contribution < 1.29 is 35.9 Å². The fourth-order valence-corrected chi connectivity index (χ4v) is 3.20. The van der Waals surface area contributed by atoms with Crippen molar-refractivity contribution in [1.82, 2.24) is 0 Å². The molecule has 27 heavy (non-hydrogen) atoms. The Morgan fingerprint density at radius 3 is 2.19 bits per heavy atom. The molecule has 0 spiro atoms. The molecule has 0 aromatic heterocycles. The van der Waals surface area contributed by atoms with Crippen molar-refractivity contribution in [3.05, 3.63) is 45.3 Å². The third-order valence-corrected chi connectivity index (χ3v) is 5.36. The maximum atomic E-state index is 14.0. The van der Waals surface area contributed by atoms with Gasteiger partial charge >= 0.3 is 12.1 Å². The van der Waals surface area contributed by atoms with Crippen LogP contribution in [0.2, 0.25) is 0 Å². The van der Waals surface area contributed by atoms with Crippen LogP contribution in [0, 0.1) is 48.5 Å². The van der Waals surface area contributed by atoms with E-state index in [9.17, 15) is 31.1 Å². The van der Waals surface area contributed by atoms with Crippen LogP contribution in [0.15, 0.2) is 11.1 Å². The summed E-state index contributed by atoms with van der Waals surface area (Å²) in [6.45, 7) is 4.66. The number of halogens is 7. The highest BCUT2D eigenvalue weighted by Gasteiger charge is 2.62. The van der Waals surface area contributed by atoms with E-state index in [0.29, 0.717) is 0 Å². The molecule has 0 radical (unpaired) electrons. The number of hydrogen-bond donors (Lipinski definition) is 0. The van der Waals surface area contributed by atoms with Crippen LogP contribution < -0.4 is 0 Å². The number of allylic oxidation sites excluding steroid dienone is 2. The molecule has 0 amide bonds. The molecule has 9 heteroatoms. The summed E-state index contributed by atoms with van der Waals surface area (Å²) < 4.78 is 84.2. The van der Waals surface area contributed by atoms with Gasteiger partial charge in [-0.15, -0.1) is 0 Å². The summed E-state index contributed by atoms with van der Waals surface area (Å²) in [5.41, 5.74) is -2.00. The molecule has 0 aliphatic heterocycles. The fraction of sp³-hybridized carbons (Fsp3) is 0.500. The lowest BCUT2D eigenvalue weighted by atomic mass is 10.0. The quantitative estimate of drug-likeness (QED) is 0.358. The molecule has 2 nitrogen and oxygen atoms in total. The number of alkyl halides is 3. The molecule has 0 saturated heterocycles. The first-order valence-corrected chi connectivity index (χ1v) is 8.32. The Hall–Kier alpha value is -1.70. The molecule has 150 valence electrons. The van der Waals surface area contributed by atoms with Gasteiger partial charge in [-0.3, -0.25) is 4.79 Å². The zero-order valence-electron chi connectivity index (χ0n) is 14.9. The van der Waals surface area contributed by atoms with Gasteiger partial charge < -0.3 is 4.74 Å². The highest BCUT2D eigenvalue weighted by Crippen LogP contribution is 2.60. The van der Waals surface area contributed by atoms with E-state index >= 15 is 0 Å². The van der Waals surface area contributed by atoms with Gasteiger partial charge in [0.1, 0.15) is 17.5 Å². The summed E-state index contributed by atoms with van der Waals surface area (Å²) >= 11 is 5.20. The molecule has 0 bridgehead atoms. The number of hydrogen-bond acceptors (Lipinski definition) is 2. The van der Waals surface area contributed by atoms with Gasteiger partial charge in [0.2, 0.25) is 0 Å². The molecule has 1 aliphatic carbocycles. The topological polar surface area (TPSA) is 26.3 Å². The Bertz CT molecular complexity index is 784. The Morgan fingerprint density at radius 2 is 1.67 bits per heavy atom. The first-order chi connectivity index (χ1) is 12.2. The summed E-state index contributed by atoms with van der Waals surface area (Å²) in [4.78, 5) is 12.2. The van der Waals surface area contributed by atoms with Crippen molar-refractivity contribution in [2.24, 2.45) is 17.3 Å². The van der Waals surface area contributed by atoms with Gasteiger partial charge in [0.25, 0.3) is 0 Å². The van der Waals surface area contributed by atoms with Gasteiger partial charge in [0, 0.05) is 11.1 Å². The number of carbonyl (C=O) groups is 1. The van der Waals surface area contributed by atoms with Crippen molar-refractivity contribution >= 4 is 17.6 Å². The molecule has 0 N–H and O–H groups in total. The molecular formula is C18H17ClF6O2. The standard InChI is InChI=1S/C18H17ClF6O2/c1-7-9(15(22)14(21)8(2)13(7)20)6-27-16(26)12-10(17(12,3)4)5-11(19)18(23,24)25/h5,10,12H,6H2,1-4H3/b11-5-/t10-,12-/m1/s1. The first-order valence-electron chi connectivity index (χ1n) is 7.94. The maximum absolute atomic E-state index is 14.0. The average molecular weight is 415 g/mol. The predicted molar refractivity (Wildman–Crippen MR) is 86.3 cm³/mol. The Labute approximate surface area is 157 Å². The van der Waals surface area contributed by atoms with E-state index in [1.165, 1.54) is 6.92 Å². The van der Waals surface area contributed by atoms with Crippen molar-refractivity contribution in [3.63, 3.8) is 0 Å². The predicted octanol–water partition coefficient (Wildman–Crippen LogP) is 5.72. The molecule has 0 heterocycles. The zero-order valence-corrected chi connectivity index (χ0v) is 15.7. The van der Waals surface area contributed by atoms with Crippen molar-refractivity contribution in [2.45, 2.75) is 40.5 Å². The van der Waals surface area contributed by atoms with E-state index in [0.717, 1.165) is 13.0 Å². The third kappa shape index (κ3) is 3.95. The van der Waals surface area contributed by atoms with Crippen LogP contribution in [0.25, 0.3) is 0 Å². The van der Waals surface area contributed by atoms with Crippen molar-refractivity contribution in [2.75, 3.05) is 0 Å². The van der Waals surface area contributed by atoms with E-state index < -0.39 is 69.6 Å². The van der Waals surface area contributed by atoms with Gasteiger partial charge in [-0.05, 0) is 30.7 Å². The first kappa shape index (κ1) is 21.6. The monoisotopic (exact) mass is 414 g/mol. The molecule has 1 saturated carbocycles. The van der Waals surface area contributed by atoms with E-state index in [4.69, 9.17) is 16.3 Å². The van der Waals surface area contributed by atoms with Gasteiger partial charge in [-0.1, -0.05) is 31.5 Å². The number of benzene rings is 1. The van der Waals surface area contributed by atoms with Crippen molar-refractivity contribution in [3.8, 4) is 0 Å². The number of rotatable bonds is 4. The third-order valence-electron chi connectivity index (χ3n) is 5.02. The van der Waals surface area contributed by atoms with Gasteiger partial charge in [0.05, 0.1) is 5.92 Å². The Balaban J connectivity index is 2.16. The average Bonchev–Trinajstić information content (AvgIpc) is 3.10. The largest absolute Gasteiger partial charge is 0.460 e. The number of esters is 1. The lowest BCUT2D eigenvalue weighted by molar-refractivity contribution is -0.147. The highest BCUT2D eigenvalue weighted by atomic mass is 35.5. The molecule has 2 rings (SSSR count). The fourth-order valence-electron chi connectivity index (χ4n) is 3.07. The number of carbonyl (C=O) groups excluding carboxylic acids is 1. The number of ether oxygens (including phenoxy) is 1. The molecule has 2 atom stereocenters. The molecule has 1 aliphatic rings. The second-order valence-electron chi connectivity index (χ2n) is 7.12. The summed E-state index contributed by atoms with van der Waals surface area (Å²) in [5.74, 6) is -6.31. The van der Waals surface area contributed by atoms with Crippen LogP contribution in [0.4, 0.5) is 26.3 Å². The van der Waals surface area contributed by atoms with E-state index in [1.807, 2.05) is 0 Å². The summed E-state index contributed by atoms with van der Waals surface area (Å²) in [6, 6.07) is 0. The van der Waals surface area contributed by atoms with Crippen LogP contribution >= 0.6 is 11.6 Å². The Morgan fingerprint density at radius 1 is 1.11 bits per heavy atom. The van der Waals surface area contributed by atoms with Crippen LogP contribution in [-0.4, -0.2) is 12.1 Å². The SMILES string of the molecule is Cc1c(F)c(C)c(COC(=O)[C@H]2[C@@H](/C=C(\Cl)C(F)(F)F)C2(C)C)c(F)c1F. The molecule has 1 fully saturated rings. The van der Waals surface area contributed by atoms with Gasteiger partial charge in [-0.25, -0.2) is 13.2 Å². The lowest BCUT2D eigenvalue weighted by Crippen LogP contribution is -2.14. The minimum absolute atomic E-state index is 0.203. The Kier molecular flexibility index (Phi) is 5.63. The molecule has 1 aromatic carbocycles. The maximum Gasteiger partial charge on any atom is 0.426 e. The van der Waals surface area contributed by atoms with E-state index in [2.05, 4.69) is 0 Å². The van der Waals surface area contributed by atoms with Crippen LogP contribution in [0.3, 0.4) is 0 Å². The zero-order chi connectivity index (χ0) is 20.9. The second kappa shape index (κ2) is 7.04. The molecule has 1 aromatic rings. The summed E-state index contributed by atoms with van der Waals surface area (Å²) in [6.07, 6.45) is -3.99.